The van der Waals surface area contributed by atoms with Crippen LogP contribution in [0.15, 0.2) is 242 Å². The van der Waals surface area contributed by atoms with E-state index in [0.717, 1.165) is 27.4 Å². The van der Waals surface area contributed by atoms with E-state index >= 15 is 0 Å². The van der Waals surface area contributed by atoms with Gasteiger partial charge in [-0.25, -0.2) is 0 Å². The Balaban J connectivity index is 1.20. The van der Waals surface area contributed by atoms with Crippen molar-refractivity contribution in [1.82, 2.24) is 4.57 Å². The third-order valence-corrected chi connectivity index (χ3v) is 9.85. The lowest BCUT2D eigenvalue weighted by Crippen LogP contribution is -2.09. The maximum atomic E-state index is 9.76. The number of nitrogens with zero attached hydrogens (tertiary/aromatic N) is 2. The van der Waals surface area contributed by atoms with Crippen molar-refractivity contribution in [3.05, 3.63) is 242 Å². The molecule has 1 aromatic heterocycles. The summed E-state index contributed by atoms with van der Waals surface area (Å²) in [5, 5.41) is 3.31. The van der Waals surface area contributed by atoms with Crippen LogP contribution in [-0.4, -0.2) is 4.57 Å². The Kier molecular flexibility index (Phi) is 4.40. The highest BCUT2D eigenvalue weighted by Gasteiger charge is 2.17. The van der Waals surface area contributed by atoms with Crippen molar-refractivity contribution in [1.29, 1.82) is 0 Å². The van der Waals surface area contributed by atoms with Crippen LogP contribution in [0, 0.1) is 0 Å². The van der Waals surface area contributed by atoms with Gasteiger partial charge in [-0.15, -0.1) is 0 Å². The molecule has 0 N–H and O–H groups in total. The Hall–Kier alpha value is -7.94. The van der Waals surface area contributed by atoms with E-state index in [0.29, 0.717) is 15.8 Å². The number of hydrogen-bond donors (Lipinski definition) is 0. The van der Waals surface area contributed by atoms with Crippen molar-refractivity contribution in [3.8, 4) is 50.2 Å². The van der Waals surface area contributed by atoms with Gasteiger partial charge in [-0.1, -0.05) is 175 Å². The molecule has 0 aliphatic rings. The van der Waals surface area contributed by atoms with Gasteiger partial charge in [0.05, 0.1) is 52.4 Å². The quantitative estimate of drug-likeness (QED) is 0.149. The van der Waals surface area contributed by atoms with Crippen LogP contribution in [0.25, 0.3) is 82.8 Å². The van der Waals surface area contributed by atoms with Crippen molar-refractivity contribution < 1.29 is 35.6 Å². The van der Waals surface area contributed by atoms with Gasteiger partial charge >= 0.3 is 0 Å². The highest BCUT2D eigenvalue weighted by molar-refractivity contribution is 6.11. The second kappa shape index (κ2) is 15.1. The van der Waals surface area contributed by atoms with Gasteiger partial charge in [0.1, 0.15) is 0 Å². The third kappa shape index (κ3) is 6.41. The van der Waals surface area contributed by atoms with E-state index < -0.39 is 208 Å². The molecule has 2 nitrogen and oxygen atoms in total. The minimum atomic E-state index is -1.22. The average molecular weight is 791 g/mol. The number of fused-ring (bicyclic) bond motifs is 4. The van der Waals surface area contributed by atoms with E-state index in [4.69, 9.17) is 17.8 Å². The molecule has 0 saturated carbocycles. The first-order valence-corrected chi connectivity index (χ1v) is 18.5. The summed E-state index contributed by atoms with van der Waals surface area (Å²) in [6.45, 7) is 0. The molecule has 60 heavy (non-hydrogen) atoms. The fraction of sp³-hybridized carbons (Fsp3) is 0. The van der Waals surface area contributed by atoms with E-state index in [1.165, 1.54) is 0 Å². The first-order chi connectivity index (χ1) is 40.6. The summed E-state index contributed by atoms with van der Waals surface area (Å²) in [4.78, 5) is 0.451. The molecule has 2 heteroatoms. The summed E-state index contributed by atoms with van der Waals surface area (Å²) in [5.74, 6) is 0. The fourth-order valence-electron chi connectivity index (χ4n) is 7.12. The lowest BCUT2D eigenvalue weighted by Gasteiger charge is -2.26. The van der Waals surface area contributed by atoms with Crippen molar-refractivity contribution in [3.63, 3.8) is 0 Å². The number of benzene rings is 10. The molecule has 1 heterocycles. The van der Waals surface area contributed by atoms with Gasteiger partial charge in [-0.2, -0.15) is 0 Å². The topological polar surface area (TPSA) is 8.17 Å². The first-order valence-electron chi connectivity index (χ1n) is 31.5. The van der Waals surface area contributed by atoms with Gasteiger partial charge < -0.3 is 9.47 Å². The van der Waals surface area contributed by atoms with Crippen LogP contribution in [-0.2, 0) is 0 Å². The van der Waals surface area contributed by atoms with Gasteiger partial charge in [-0.3, -0.25) is 0 Å². The van der Waals surface area contributed by atoms with Gasteiger partial charge in [0.2, 0.25) is 0 Å². The predicted octanol–water partition coefficient (Wildman–Crippen LogP) is 16.1. The molecule has 0 saturated heterocycles. The number of para-hydroxylation sites is 1. The van der Waals surface area contributed by atoms with Crippen molar-refractivity contribution >= 4 is 49.6 Å². The number of rotatable bonds is 8. The first kappa shape index (κ1) is 17.5. The number of hydrogen-bond acceptors (Lipinski definition) is 1. The molecule has 0 bridgehead atoms. The molecule has 0 amide bonds. The molecule has 0 atom stereocenters. The zero-order valence-electron chi connectivity index (χ0n) is 57.0. The summed E-state index contributed by atoms with van der Waals surface area (Å²) in [6.07, 6.45) is 0. The molecule has 0 unspecified atom stereocenters. The molecular weight excluding hydrogens is 725 g/mol. The summed E-state index contributed by atoms with van der Waals surface area (Å²) >= 11 is 0. The molecule has 11 rings (SSSR count). The molecule has 10 aromatic carbocycles. The van der Waals surface area contributed by atoms with Crippen molar-refractivity contribution in [2.45, 2.75) is 0 Å². The second-order valence-electron chi connectivity index (χ2n) is 13.3. The molecule has 0 radical (unpaired) electrons. The van der Waals surface area contributed by atoms with E-state index in [1.54, 1.807) is 18.2 Å². The van der Waals surface area contributed by atoms with Gasteiger partial charge in [0.15, 0.2) is 0 Å². The van der Waals surface area contributed by atoms with E-state index in [-0.39, 0.29) is 11.1 Å². The third-order valence-electron chi connectivity index (χ3n) is 9.85. The van der Waals surface area contributed by atoms with Gasteiger partial charge in [0, 0.05) is 33.2 Å². The lowest BCUT2D eigenvalue weighted by molar-refractivity contribution is 1.20. The van der Waals surface area contributed by atoms with Crippen LogP contribution >= 0.6 is 0 Å². The van der Waals surface area contributed by atoms with Crippen molar-refractivity contribution in [2.24, 2.45) is 0 Å². The maximum absolute atomic E-state index is 9.76. The van der Waals surface area contributed by atoms with Crippen LogP contribution in [0.1, 0.15) is 35.6 Å². The molecule has 0 aliphatic carbocycles. The Morgan fingerprint density at radius 3 is 1.43 bits per heavy atom. The van der Waals surface area contributed by atoms with Crippen molar-refractivity contribution in [2.75, 3.05) is 4.90 Å². The standard InChI is InChI=1S/C58H40N2/c1-3-13-41(14-4-1)43-25-32-50(33-26-43)59(51-34-27-44(28-35-51)48-20-11-19-47(39-48)42-15-5-2-6-16-42)52-36-29-45(30-37-52)49-31-38-58-55(40-49)54-22-9-10-23-57(54)60(58)56-24-12-18-46-17-7-8-21-53(46)56/h1-40H/i1D,2D,3D,4D,5D,6D,11D,13D,14D,15D,16D,19D,20D,25D,26D,27D,28D,29D,30D,32D,33D,34D,35D,36D,37D,39D. The SMILES string of the molecule is [2H]c1c([2H])c([2H])c(-c2c([2H])c([2H])c(N(c3c([2H])c([2H])c(-c4ccc5c(c4)c4ccccc4n5-c4cccc5ccccc45)c([2H])c3[2H])c3c([2H])c([2H])c(-c4c([2H])c([2H])c([2H])c(-c5c([2H])c([2H])c([2H])c([2H])c5[2H])c4[2H])c([2H])c3[2H])c([2H])c2[2H])c([2H])c1[2H]. The number of aromatic nitrogens is 1. The van der Waals surface area contributed by atoms with Crippen LogP contribution in [0.5, 0.6) is 0 Å². The minimum Gasteiger partial charge on any atom is -0.311 e. The Morgan fingerprint density at radius 1 is 0.333 bits per heavy atom. The summed E-state index contributed by atoms with van der Waals surface area (Å²) in [6, 6.07) is 0.394. The summed E-state index contributed by atoms with van der Waals surface area (Å²) < 4.78 is 237. The molecule has 11 aromatic rings. The van der Waals surface area contributed by atoms with Crippen LogP contribution < -0.4 is 4.90 Å². The highest BCUT2D eigenvalue weighted by Crippen LogP contribution is 2.40. The Labute approximate surface area is 387 Å². The van der Waals surface area contributed by atoms with E-state index in [9.17, 15) is 17.8 Å². The lowest BCUT2D eigenvalue weighted by atomic mass is 9.98. The normalized spacial score (nSPS) is 17.4. The molecule has 0 spiro atoms. The molecule has 0 aliphatic heterocycles. The highest BCUT2D eigenvalue weighted by atomic mass is 15.1. The zero-order valence-corrected chi connectivity index (χ0v) is 31.0. The Bertz CT molecular complexity index is 4710. The average Bonchev–Trinajstić information content (AvgIpc) is 0.930. The summed E-state index contributed by atoms with van der Waals surface area (Å²) in [5.41, 5.74) is -5.80. The Morgan fingerprint density at radius 2 is 0.800 bits per heavy atom. The molecule has 282 valence electrons. The fourth-order valence-corrected chi connectivity index (χ4v) is 7.12. The predicted molar refractivity (Wildman–Crippen MR) is 255 cm³/mol. The van der Waals surface area contributed by atoms with Crippen LogP contribution in [0.3, 0.4) is 0 Å². The number of anilines is 3. The van der Waals surface area contributed by atoms with Crippen LogP contribution in [0.4, 0.5) is 17.1 Å². The second-order valence-corrected chi connectivity index (χ2v) is 13.3. The molecular formula is C58H40N2. The minimum absolute atomic E-state index is 0.169. The van der Waals surface area contributed by atoms with Gasteiger partial charge in [0.25, 0.3) is 0 Å². The smallest absolute Gasteiger partial charge is 0.0645 e. The summed E-state index contributed by atoms with van der Waals surface area (Å²) in [7, 11) is 0. The monoisotopic (exact) mass is 790 g/mol. The van der Waals surface area contributed by atoms with Gasteiger partial charge in [-0.05, 0) is 116 Å². The molecule has 0 fully saturated rings. The maximum Gasteiger partial charge on any atom is 0.0645 e. The zero-order chi connectivity index (χ0) is 62.5. The van der Waals surface area contributed by atoms with E-state index in [1.807, 2.05) is 66.7 Å². The van der Waals surface area contributed by atoms with E-state index in [2.05, 4.69) is 4.57 Å². The van der Waals surface area contributed by atoms with Crippen LogP contribution in [0.2, 0.25) is 0 Å². The largest absolute Gasteiger partial charge is 0.311 e.